The van der Waals surface area contributed by atoms with Crippen molar-refractivity contribution in [3.8, 4) is 0 Å². The van der Waals surface area contributed by atoms with E-state index in [9.17, 15) is 0 Å². The molecule has 0 saturated heterocycles. The van der Waals surface area contributed by atoms with Crippen LogP contribution in [0, 0.1) is 23.7 Å². The summed E-state index contributed by atoms with van der Waals surface area (Å²) in [6.45, 7) is 4.82. The summed E-state index contributed by atoms with van der Waals surface area (Å²) in [5.41, 5.74) is 0. The molecule has 0 radical (unpaired) electrons. The highest BCUT2D eigenvalue weighted by Crippen LogP contribution is 2.52. The third kappa shape index (κ3) is 1.78. The Balaban J connectivity index is 1.69. The molecular weight excluding hydrogens is 156 g/mol. The van der Waals surface area contributed by atoms with Crippen molar-refractivity contribution in [3.63, 3.8) is 0 Å². The highest BCUT2D eigenvalue weighted by Gasteiger charge is 2.42. The highest BCUT2D eigenvalue weighted by atomic mass is 14.5. The zero-order valence-electron chi connectivity index (χ0n) is 9.26. The van der Waals surface area contributed by atoms with Crippen molar-refractivity contribution in [3.05, 3.63) is 0 Å². The topological polar surface area (TPSA) is 0 Å². The lowest BCUT2D eigenvalue weighted by Crippen LogP contribution is -2.41. The molecule has 0 bridgehead atoms. The van der Waals surface area contributed by atoms with Gasteiger partial charge in [0.15, 0.2) is 0 Å². The maximum absolute atomic E-state index is 2.51. The maximum Gasteiger partial charge on any atom is -0.0355 e. The molecule has 0 aromatic heterocycles. The van der Waals surface area contributed by atoms with Crippen molar-refractivity contribution in [1.29, 1.82) is 0 Å². The molecule has 2 rings (SSSR count). The molecule has 0 heteroatoms. The van der Waals surface area contributed by atoms with Gasteiger partial charge in [-0.1, -0.05) is 52.4 Å². The Kier molecular flexibility index (Phi) is 2.96. The van der Waals surface area contributed by atoms with Crippen molar-refractivity contribution < 1.29 is 0 Å². The predicted octanol–water partition coefficient (Wildman–Crippen LogP) is 4.25. The average molecular weight is 180 g/mol. The van der Waals surface area contributed by atoms with Gasteiger partial charge in [0.2, 0.25) is 0 Å². The lowest BCUT2D eigenvalue weighted by atomic mass is 9.55. The van der Waals surface area contributed by atoms with Gasteiger partial charge in [-0.25, -0.2) is 0 Å². The van der Waals surface area contributed by atoms with Crippen LogP contribution in [-0.4, -0.2) is 0 Å². The van der Waals surface area contributed by atoms with Crippen LogP contribution in [0.25, 0.3) is 0 Å². The first-order valence-electron chi connectivity index (χ1n) is 6.33. The Morgan fingerprint density at radius 3 is 2.46 bits per heavy atom. The summed E-state index contributed by atoms with van der Waals surface area (Å²) in [7, 11) is 0. The number of unbranched alkanes of at least 4 members (excludes halogenated alkanes) is 1. The van der Waals surface area contributed by atoms with Gasteiger partial charge in [-0.2, -0.15) is 0 Å². The predicted molar refractivity (Wildman–Crippen MR) is 57.6 cm³/mol. The van der Waals surface area contributed by atoms with Crippen molar-refractivity contribution in [1.82, 2.24) is 0 Å². The monoisotopic (exact) mass is 180 g/mol. The van der Waals surface area contributed by atoms with Crippen molar-refractivity contribution in [2.45, 2.75) is 58.8 Å². The smallest absolute Gasteiger partial charge is 0.0355 e. The Morgan fingerprint density at radius 2 is 2.00 bits per heavy atom. The van der Waals surface area contributed by atoms with Gasteiger partial charge in [0.1, 0.15) is 0 Å². The van der Waals surface area contributed by atoms with Crippen molar-refractivity contribution >= 4 is 0 Å². The normalized spacial score (nSPS) is 39.7. The number of rotatable bonds is 4. The summed E-state index contributed by atoms with van der Waals surface area (Å²) in [5.74, 6) is 4.45. The summed E-state index contributed by atoms with van der Waals surface area (Å²) < 4.78 is 0. The van der Waals surface area contributed by atoms with Gasteiger partial charge in [-0.05, 0) is 30.1 Å². The molecule has 3 atom stereocenters. The summed E-state index contributed by atoms with van der Waals surface area (Å²) in [6.07, 6.45) is 10.6. The van der Waals surface area contributed by atoms with E-state index >= 15 is 0 Å². The third-order valence-electron chi connectivity index (χ3n) is 4.68. The van der Waals surface area contributed by atoms with Crippen LogP contribution in [0.4, 0.5) is 0 Å². The molecule has 0 aromatic carbocycles. The van der Waals surface area contributed by atoms with Gasteiger partial charge < -0.3 is 0 Å². The zero-order chi connectivity index (χ0) is 9.26. The second-order valence-electron chi connectivity index (χ2n) is 5.35. The summed E-state index contributed by atoms with van der Waals surface area (Å²) in [4.78, 5) is 0. The van der Waals surface area contributed by atoms with E-state index in [1.807, 2.05) is 0 Å². The third-order valence-corrected chi connectivity index (χ3v) is 4.68. The van der Waals surface area contributed by atoms with E-state index in [4.69, 9.17) is 0 Å². The fourth-order valence-corrected chi connectivity index (χ4v) is 3.27. The molecule has 13 heavy (non-hydrogen) atoms. The molecule has 0 N–H and O–H groups in total. The van der Waals surface area contributed by atoms with Gasteiger partial charge in [-0.15, -0.1) is 0 Å². The van der Waals surface area contributed by atoms with E-state index in [1.54, 1.807) is 19.3 Å². The van der Waals surface area contributed by atoms with Gasteiger partial charge in [-0.3, -0.25) is 0 Å². The first kappa shape index (κ1) is 9.55. The Labute approximate surface area is 83.1 Å². The molecule has 0 aromatic rings. The molecule has 2 aliphatic rings. The van der Waals surface area contributed by atoms with Crippen molar-refractivity contribution in [2.75, 3.05) is 0 Å². The van der Waals surface area contributed by atoms with Gasteiger partial charge in [0.25, 0.3) is 0 Å². The number of hydrogen-bond acceptors (Lipinski definition) is 0. The van der Waals surface area contributed by atoms with E-state index in [-0.39, 0.29) is 0 Å². The highest BCUT2D eigenvalue weighted by molar-refractivity contribution is 4.92. The second kappa shape index (κ2) is 4.02. The molecule has 0 spiro atoms. The minimum Gasteiger partial charge on any atom is -0.0654 e. The molecule has 76 valence electrons. The summed E-state index contributed by atoms with van der Waals surface area (Å²) in [5, 5.41) is 0. The molecule has 0 aliphatic heterocycles. The molecule has 0 heterocycles. The fourth-order valence-electron chi connectivity index (χ4n) is 3.27. The Hall–Kier alpha value is 0. The van der Waals surface area contributed by atoms with E-state index in [0.717, 1.165) is 23.7 Å². The van der Waals surface area contributed by atoms with Crippen LogP contribution in [0.5, 0.6) is 0 Å². The SMILES string of the molecule is CCCCC1CC(C2CCC2)C1C. The van der Waals surface area contributed by atoms with Crippen LogP contribution >= 0.6 is 0 Å². The first-order valence-corrected chi connectivity index (χ1v) is 6.33. The Bertz CT molecular complexity index is 157. The van der Waals surface area contributed by atoms with E-state index < -0.39 is 0 Å². The lowest BCUT2D eigenvalue weighted by Gasteiger charge is -2.50. The fraction of sp³-hybridized carbons (Fsp3) is 1.00. The van der Waals surface area contributed by atoms with Crippen LogP contribution < -0.4 is 0 Å². The largest absolute Gasteiger partial charge is 0.0654 e. The lowest BCUT2D eigenvalue weighted by molar-refractivity contribution is -0.00138. The van der Waals surface area contributed by atoms with Crippen LogP contribution in [0.3, 0.4) is 0 Å². The quantitative estimate of drug-likeness (QED) is 0.606. The standard InChI is InChI=1S/C13H24/c1-3-4-6-12-9-13(10(12)2)11-7-5-8-11/h10-13H,3-9H2,1-2H3. The molecule has 2 fully saturated rings. The van der Waals surface area contributed by atoms with Gasteiger partial charge in [0, 0.05) is 0 Å². The number of hydrogen-bond donors (Lipinski definition) is 0. The van der Waals surface area contributed by atoms with Crippen LogP contribution in [0.15, 0.2) is 0 Å². The van der Waals surface area contributed by atoms with Crippen LogP contribution in [-0.2, 0) is 0 Å². The summed E-state index contributed by atoms with van der Waals surface area (Å²) in [6, 6.07) is 0. The van der Waals surface area contributed by atoms with Gasteiger partial charge >= 0.3 is 0 Å². The second-order valence-corrected chi connectivity index (χ2v) is 5.35. The van der Waals surface area contributed by atoms with Crippen LogP contribution in [0.2, 0.25) is 0 Å². The van der Waals surface area contributed by atoms with Crippen molar-refractivity contribution in [2.24, 2.45) is 23.7 Å². The minimum absolute atomic E-state index is 1.07. The molecule has 3 unspecified atom stereocenters. The van der Waals surface area contributed by atoms with E-state index in [0.29, 0.717) is 0 Å². The van der Waals surface area contributed by atoms with Gasteiger partial charge in [0.05, 0.1) is 0 Å². The molecular formula is C13H24. The molecule has 0 amide bonds. The minimum atomic E-state index is 1.07. The maximum atomic E-state index is 2.51. The zero-order valence-corrected chi connectivity index (χ0v) is 9.26. The molecule has 2 aliphatic carbocycles. The first-order chi connectivity index (χ1) is 6.33. The summed E-state index contributed by atoms with van der Waals surface area (Å²) >= 11 is 0. The Morgan fingerprint density at radius 1 is 1.23 bits per heavy atom. The average Bonchev–Trinajstić information content (AvgIpc) is 2.06. The molecule has 2 saturated carbocycles. The van der Waals surface area contributed by atoms with Crippen LogP contribution in [0.1, 0.15) is 58.8 Å². The van der Waals surface area contributed by atoms with E-state index in [1.165, 1.54) is 25.7 Å². The molecule has 0 nitrogen and oxygen atoms in total. The van der Waals surface area contributed by atoms with E-state index in [2.05, 4.69) is 13.8 Å².